The lowest BCUT2D eigenvalue weighted by molar-refractivity contribution is 0.278. The van der Waals surface area contributed by atoms with E-state index in [-0.39, 0.29) is 0 Å². The maximum absolute atomic E-state index is 12.0. The van der Waals surface area contributed by atoms with Gasteiger partial charge in [0, 0.05) is 40.1 Å². The first-order valence-electron chi connectivity index (χ1n) is 6.40. The largest absolute Gasteiger partial charge is 0.301 e. The molecular weight excluding hydrogens is 238 g/mol. The van der Waals surface area contributed by atoms with Crippen molar-refractivity contribution < 1.29 is 4.21 Å². The molecule has 0 radical (unpaired) electrons. The molecule has 2 saturated heterocycles. The van der Waals surface area contributed by atoms with E-state index in [1.54, 1.807) is 0 Å². The third kappa shape index (κ3) is 3.23. The van der Waals surface area contributed by atoms with Crippen LogP contribution in [0.25, 0.3) is 0 Å². The summed E-state index contributed by atoms with van der Waals surface area (Å²) in [5.74, 6) is 1.22. The predicted molar refractivity (Wildman–Crippen MR) is 73.6 cm³/mol. The Morgan fingerprint density at radius 1 is 1.31 bits per heavy atom. The van der Waals surface area contributed by atoms with E-state index < -0.39 is 10.8 Å². The lowest BCUT2D eigenvalue weighted by Crippen LogP contribution is -2.33. The third-order valence-electron chi connectivity index (χ3n) is 3.56. The molecule has 2 nitrogen and oxygen atoms in total. The zero-order chi connectivity index (χ0) is 11.5. The van der Waals surface area contributed by atoms with Gasteiger partial charge < -0.3 is 4.90 Å². The summed E-state index contributed by atoms with van der Waals surface area (Å²) in [6, 6.07) is 0. The van der Waals surface area contributed by atoms with Crippen LogP contribution < -0.4 is 0 Å². The fourth-order valence-corrected chi connectivity index (χ4v) is 5.44. The Morgan fingerprint density at radius 3 is 2.81 bits per heavy atom. The SMILES string of the molecule is CC(C)SCCN1CCC2CCC(C1)S2=O. The highest BCUT2D eigenvalue weighted by molar-refractivity contribution is 7.99. The second-order valence-electron chi connectivity index (χ2n) is 5.16. The number of likely N-dealkylation sites (tertiary alicyclic amines) is 1. The van der Waals surface area contributed by atoms with E-state index in [4.69, 9.17) is 0 Å². The van der Waals surface area contributed by atoms with E-state index in [0.29, 0.717) is 10.5 Å². The summed E-state index contributed by atoms with van der Waals surface area (Å²) in [4.78, 5) is 2.54. The molecule has 3 atom stereocenters. The number of thioether (sulfide) groups is 1. The van der Waals surface area contributed by atoms with Gasteiger partial charge >= 0.3 is 0 Å². The molecule has 2 heterocycles. The lowest BCUT2D eigenvalue weighted by Gasteiger charge is -2.23. The highest BCUT2D eigenvalue weighted by atomic mass is 32.2. The molecule has 16 heavy (non-hydrogen) atoms. The van der Waals surface area contributed by atoms with Gasteiger partial charge in [0.15, 0.2) is 0 Å². The van der Waals surface area contributed by atoms with Crippen LogP contribution in [0.15, 0.2) is 0 Å². The van der Waals surface area contributed by atoms with E-state index >= 15 is 0 Å². The summed E-state index contributed by atoms with van der Waals surface area (Å²) in [5.41, 5.74) is 0. The fourth-order valence-electron chi connectivity index (χ4n) is 2.63. The number of fused-ring (bicyclic) bond motifs is 2. The summed E-state index contributed by atoms with van der Waals surface area (Å²) in [6.07, 6.45) is 3.58. The summed E-state index contributed by atoms with van der Waals surface area (Å²) in [6.45, 7) is 7.95. The minimum absolute atomic E-state index is 0.483. The molecule has 94 valence electrons. The van der Waals surface area contributed by atoms with E-state index in [0.717, 1.165) is 18.2 Å². The smallest absolute Gasteiger partial charge is 0.0478 e. The lowest BCUT2D eigenvalue weighted by atomic mass is 10.1. The van der Waals surface area contributed by atoms with Crippen molar-refractivity contribution in [3.63, 3.8) is 0 Å². The van der Waals surface area contributed by atoms with E-state index in [2.05, 4.69) is 18.7 Å². The molecule has 0 amide bonds. The normalized spacial score (nSPS) is 35.6. The average Bonchev–Trinajstić information content (AvgIpc) is 2.45. The van der Waals surface area contributed by atoms with Crippen LogP contribution in [0.2, 0.25) is 0 Å². The molecule has 3 unspecified atom stereocenters. The number of nitrogens with zero attached hydrogens (tertiary/aromatic N) is 1. The predicted octanol–water partition coefficient (Wildman–Crippen LogP) is 2.11. The zero-order valence-electron chi connectivity index (χ0n) is 10.4. The average molecular weight is 261 g/mol. The molecule has 0 N–H and O–H groups in total. The van der Waals surface area contributed by atoms with Crippen molar-refractivity contribution in [3.8, 4) is 0 Å². The highest BCUT2D eigenvalue weighted by Crippen LogP contribution is 2.29. The molecular formula is C12H23NOS2. The van der Waals surface area contributed by atoms with Crippen molar-refractivity contribution in [3.05, 3.63) is 0 Å². The summed E-state index contributed by atoms with van der Waals surface area (Å²) >= 11 is 2.04. The first-order chi connectivity index (χ1) is 7.66. The van der Waals surface area contributed by atoms with Gasteiger partial charge in [-0.15, -0.1) is 0 Å². The molecule has 0 spiro atoms. The number of hydrogen-bond donors (Lipinski definition) is 0. The maximum atomic E-state index is 12.0. The molecule has 2 rings (SSSR count). The summed E-state index contributed by atoms with van der Waals surface area (Å²) in [5, 5.41) is 1.74. The molecule has 2 aliphatic rings. The van der Waals surface area contributed by atoms with Crippen molar-refractivity contribution in [2.75, 3.05) is 25.4 Å². The Bertz CT molecular complexity index is 257. The van der Waals surface area contributed by atoms with Crippen LogP contribution in [0.5, 0.6) is 0 Å². The standard InChI is InChI=1S/C12H23NOS2/c1-10(2)15-8-7-13-6-5-11-3-4-12(9-13)16(11)14/h10-12H,3-9H2,1-2H3. The van der Waals surface area contributed by atoms with Gasteiger partial charge in [-0.1, -0.05) is 13.8 Å². The van der Waals surface area contributed by atoms with Crippen LogP contribution in [0.4, 0.5) is 0 Å². The Kier molecular flexibility index (Phi) is 4.74. The van der Waals surface area contributed by atoms with Gasteiger partial charge in [0.2, 0.25) is 0 Å². The van der Waals surface area contributed by atoms with Gasteiger partial charge in [0.05, 0.1) is 0 Å². The fraction of sp³-hybridized carbons (Fsp3) is 1.00. The van der Waals surface area contributed by atoms with Gasteiger partial charge in [-0.3, -0.25) is 4.21 Å². The minimum Gasteiger partial charge on any atom is -0.301 e. The van der Waals surface area contributed by atoms with Gasteiger partial charge in [0.1, 0.15) is 0 Å². The van der Waals surface area contributed by atoms with Gasteiger partial charge in [-0.2, -0.15) is 11.8 Å². The van der Waals surface area contributed by atoms with Crippen LogP contribution in [0, 0.1) is 0 Å². The monoisotopic (exact) mass is 261 g/mol. The second kappa shape index (κ2) is 5.87. The molecule has 2 fully saturated rings. The Balaban J connectivity index is 1.78. The third-order valence-corrected chi connectivity index (χ3v) is 6.81. The molecule has 0 aliphatic carbocycles. The van der Waals surface area contributed by atoms with E-state index in [1.807, 2.05) is 11.8 Å². The Morgan fingerprint density at radius 2 is 2.06 bits per heavy atom. The van der Waals surface area contributed by atoms with Crippen LogP contribution in [-0.4, -0.2) is 50.2 Å². The molecule has 0 aromatic heterocycles. The first kappa shape index (κ1) is 12.9. The van der Waals surface area contributed by atoms with Gasteiger partial charge in [-0.05, 0) is 31.1 Å². The van der Waals surface area contributed by atoms with Crippen LogP contribution in [0.3, 0.4) is 0 Å². The topological polar surface area (TPSA) is 20.3 Å². The molecule has 4 heteroatoms. The minimum atomic E-state index is -0.519. The summed E-state index contributed by atoms with van der Waals surface area (Å²) in [7, 11) is -0.519. The Labute approximate surface area is 106 Å². The van der Waals surface area contributed by atoms with Crippen molar-refractivity contribution in [2.24, 2.45) is 0 Å². The van der Waals surface area contributed by atoms with Crippen molar-refractivity contribution >= 4 is 22.6 Å². The van der Waals surface area contributed by atoms with E-state index in [1.165, 1.54) is 31.7 Å². The van der Waals surface area contributed by atoms with Crippen LogP contribution in [0.1, 0.15) is 33.1 Å². The zero-order valence-corrected chi connectivity index (χ0v) is 12.0. The van der Waals surface area contributed by atoms with Gasteiger partial charge in [0.25, 0.3) is 0 Å². The van der Waals surface area contributed by atoms with Crippen LogP contribution >= 0.6 is 11.8 Å². The summed E-state index contributed by atoms with van der Waals surface area (Å²) < 4.78 is 12.0. The van der Waals surface area contributed by atoms with Gasteiger partial charge in [-0.25, -0.2) is 0 Å². The molecule has 0 aromatic carbocycles. The highest BCUT2D eigenvalue weighted by Gasteiger charge is 2.36. The molecule has 2 aliphatic heterocycles. The van der Waals surface area contributed by atoms with Crippen molar-refractivity contribution in [1.29, 1.82) is 0 Å². The van der Waals surface area contributed by atoms with Crippen molar-refractivity contribution in [2.45, 2.75) is 48.9 Å². The van der Waals surface area contributed by atoms with Crippen molar-refractivity contribution in [1.82, 2.24) is 4.90 Å². The number of rotatable bonds is 4. The maximum Gasteiger partial charge on any atom is 0.0478 e. The quantitative estimate of drug-likeness (QED) is 0.773. The number of hydrogen-bond acceptors (Lipinski definition) is 3. The molecule has 0 aromatic rings. The molecule has 2 bridgehead atoms. The second-order valence-corrected chi connectivity index (χ2v) is 8.83. The van der Waals surface area contributed by atoms with E-state index in [9.17, 15) is 4.21 Å². The molecule has 0 saturated carbocycles. The first-order valence-corrected chi connectivity index (χ1v) is 8.72. The Hall–Kier alpha value is 0.460. The van der Waals surface area contributed by atoms with Crippen LogP contribution in [-0.2, 0) is 10.8 Å².